The fraction of sp³-hybridized carbons (Fsp3) is 0.526. The number of ether oxygens (including phenoxy) is 2. The van der Waals surface area contributed by atoms with Crippen LogP contribution in [0.5, 0.6) is 0 Å². The summed E-state index contributed by atoms with van der Waals surface area (Å²) in [4.78, 5) is 23.6. The van der Waals surface area contributed by atoms with Gasteiger partial charge in [0.05, 0.1) is 23.9 Å². The van der Waals surface area contributed by atoms with E-state index in [2.05, 4.69) is 29.0 Å². The van der Waals surface area contributed by atoms with Gasteiger partial charge in [-0.2, -0.15) is 0 Å². The molecule has 3 atom stereocenters. The standard InChI is InChI=1S/C19H27N5O3S/c1-12-9-24(10-13(2)27-12)17-6-4-5-15(21-17)16-11-28-19(22-16)23-18(25)14(20)7-8-26-3/h4-6,11-14H,7-10,20H2,1-3H3,(H,22,23,25)/t12-,13+,14-/m0/s1. The number of aromatic nitrogens is 2. The molecule has 1 aliphatic heterocycles. The number of nitrogens with two attached hydrogens (primary N) is 1. The smallest absolute Gasteiger partial charge is 0.243 e. The van der Waals surface area contributed by atoms with Gasteiger partial charge in [-0.1, -0.05) is 6.07 Å². The first-order valence-corrected chi connectivity index (χ1v) is 10.2. The van der Waals surface area contributed by atoms with Crippen molar-refractivity contribution in [2.45, 2.75) is 38.5 Å². The maximum atomic E-state index is 12.1. The second-order valence-electron chi connectivity index (χ2n) is 6.96. The first-order valence-electron chi connectivity index (χ1n) is 9.35. The number of pyridine rings is 1. The molecule has 3 rings (SSSR count). The molecule has 0 aromatic carbocycles. The summed E-state index contributed by atoms with van der Waals surface area (Å²) in [7, 11) is 1.58. The zero-order valence-corrected chi connectivity index (χ0v) is 17.2. The van der Waals surface area contributed by atoms with E-state index >= 15 is 0 Å². The summed E-state index contributed by atoms with van der Waals surface area (Å²) in [6, 6.07) is 5.26. The van der Waals surface area contributed by atoms with Crippen LogP contribution < -0.4 is 16.0 Å². The van der Waals surface area contributed by atoms with Crippen molar-refractivity contribution >= 4 is 28.2 Å². The molecule has 152 valence electrons. The summed E-state index contributed by atoms with van der Waals surface area (Å²) in [5.41, 5.74) is 7.34. The summed E-state index contributed by atoms with van der Waals surface area (Å²) in [5.74, 6) is 0.635. The first-order chi connectivity index (χ1) is 13.5. The number of hydrogen-bond acceptors (Lipinski definition) is 8. The molecule has 1 saturated heterocycles. The number of methoxy groups -OCH3 is 1. The molecule has 0 saturated carbocycles. The van der Waals surface area contributed by atoms with Gasteiger partial charge < -0.3 is 25.4 Å². The molecule has 1 fully saturated rings. The zero-order valence-electron chi connectivity index (χ0n) is 16.4. The number of amides is 1. The number of hydrogen-bond donors (Lipinski definition) is 2. The van der Waals surface area contributed by atoms with Gasteiger partial charge in [0.15, 0.2) is 5.13 Å². The van der Waals surface area contributed by atoms with Crippen LogP contribution in [0.3, 0.4) is 0 Å². The Balaban J connectivity index is 1.69. The first kappa shape index (κ1) is 20.7. The molecule has 0 unspecified atom stereocenters. The lowest BCUT2D eigenvalue weighted by atomic mass is 10.2. The van der Waals surface area contributed by atoms with Crippen LogP contribution >= 0.6 is 11.3 Å². The second kappa shape index (κ2) is 9.42. The Hall–Kier alpha value is -2.07. The molecule has 0 radical (unpaired) electrons. The number of anilines is 2. The lowest BCUT2D eigenvalue weighted by Gasteiger charge is -2.36. The number of nitrogens with one attached hydrogen (secondary N) is 1. The molecule has 0 aliphatic carbocycles. The molecule has 0 spiro atoms. The molecule has 8 nitrogen and oxygen atoms in total. The van der Waals surface area contributed by atoms with Crippen molar-refractivity contribution in [2.24, 2.45) is 5.73 Å². The topological polar surface area (TPSA) is 103 Å². The maximum absolute atomic E-state index is 12.1. The third kappa shape index (κ3) is 5.26. The van der Waals surface area contributed by atoms with Crippen molar-refractivity contribution in [3.8, 4) is 11.4 Å². The molecule has 9 heteroatoms. The van der Waals surface area contributed by atoms with Gasteiger partial charge in [-0.15, -0.1) is 11.3 Å². The van der Waals surface area contributed by atoms with Gasteiger partial charge in [0.2, 0.25) is 5.91 Å². The van der Waals surface area contributed by atoms with E-state index < -0.39 is 6.04 Å². The molecule has 2 aromatic rings. The quantitative estimate of drug-likeness (QED) is 0.727. The van der Waals surface area contributed by atoms with Gasteiger partial charge in [-0.3, -0.25) is 4.79 Å². The van der Waals surface area contributed by atoms with Crippen LogP contribution in [0.25, 0.3) is 11.4 Å². The Kier molecular flexibility index (Phi) is 6.95. The van der Waals surface area contributed by atoms with Crippen molar-refractivity contribution in [3.63, 3.8) is 0 Å². The molecular formula is C19H27N5O3S. The Labute approximate surface area is 169 Å². The Bertz CT molecular complexity index is 789. The maximum Gasteiger partial charge on any atom is 0.243 e. The number of nitrogens with zero attached hydrogens (tertiary/aromatic N) is 3. The van der Waals surface area contributed by atoms with Crippen molar-refractivity contribution in [1.29, 1.82) is 0 Å². The average Bonchev–Trinajstić information content (AvgIpc) is 3.14. The predicted molar refractivity (Wildman–Crippen MR) is 111 cm³/mol. The van der Waals surface area contributed by atoms with Crippen LogP contribution in [0.2, 0.25) is 0 Å². The van der Waals surface area contributed by atoms with Crippen LogP contribution in [0.15, 0.2) is 23.6 Å². The van der Waals surface area contributed by atoms with Gasteiger partial charge in [-0.25, -0.2) is 9.97 Å². The van der Waals surface area contributed by atoms with Gasteiger partial charge in [0, 0.05) is 32.2 Å². The van der Waals surface area contributed by atoms with Gasteiger partial charge >= 0.3 is 0 Å². The van der Waals surface area contributed by atoms with Crippen LogP contribution in [-0.4, -0.2) is 60.9 Å². The van der Waals surface area contributed by atoms with Crippen molar-refractivity contribution < 1.29 is 14.3 Å². The zero-order chi connectivity index (χ0) is 20.1. The normalized spacial score (nSPS) is 20.8. The van der Waals surface area contributed by atoms with Crippen LogP contribution in [-0.2, 0) is 14.3 Å². The van der Waals surface area contributed by atoms with E-state index in [0.29, 0.717) is 18.2 Å². The fourth-order valence-corrected chi connectivity index (χ4v) is 3.84. The summed E-state index contributed by atoms with van der Waals surface area (Å²) in [6.07, 6.45) is 0.788. The van der Waals surface area contributed by atoms with Gasteiger partial charge in [-0.05, 0) is 32.4 Å². The van der Waals surface area contributed by atoms with Crippen molar-refractivity contribution in [3.05, 3.63) is 23.6 Å². The Morgan fingerprint density at radius 3 is 2.82 bits per heavy atom. The molecule has 2 aromatic heterocycles. The molecule has 3 N–H and O–H groups in total. The number of carbonyl (C=O) groups excluding carboxylic acids is 1. The van der Waals surface area contributed by atoms with Crippen molar-refractivity contribution in [2.75, 3.05) is 37.0 Å². The highest BCUT2D eigenvalue weighted by atomic mass is 32.1. The third-order valence-corrected chi connectivity index (χ3v) is 5.20. The lowest BCUT2D eigenvalue weighted by molar-refractivity contribution is -0.117. The summed E-state index contributed by atoms with van der Waals surface area (Å²) in [6.45, 7) is 6.18. The van der Waals surface area contributed by atoms with Crippen molar-refractivity contribution in [1.82, 2.24) is 9.97 Å². The van der Waals surface area contributed by atoms with E-state index in [1.54, 1.807) is 7.11 Å². The second-order valence-corrected chi connectivity index (χ2v) is 7.82. The predicted octanol–water partition coefficient (Wildman–Crippen LogP) is 2.12. The van der Waals surface area contributed by atoms with E-state index in [1.165, 1.54) is 11.3 Å². The molecule has 3 heterocycles. The SMILES string of the molecule is COCC[C@H](N)C(=O)Nc1nc(-c2cccc(N3C[C@@H](C)O[C@@H](C)C3)n2)cs1. The number of rotatable bonds is 7. The van der Waals surface area contributed by atoms with Crippen LogP contribution in [0.1, 0.15) is 20.3 Å². The minimum Gasteiger partial charge on any atom is -0.385 e. The van der Waals surface area contributed by atoms with E-state index in [1.807, 2.05) is 23.6 Å². The van der Waals surface area contributed by atoms with Gasteiger partial charge in [0.1, 0.15) is 11.5 Å². The molecule has 1 amide bonds. The highest BCUT2D eigenvalue weighted by Crippen LogP contribution is 2.26. The van der Waals surface area contributed by atoms with E-state index in [0.717, 1.165) is 30.3 Å². The largest absolute Gasteiger partial charge is 0.385 e. The summed E-state index contributed by atoms with van der Waals surface area (Å²) in [5, 5.41) is 5.15. The average molecular weight is 406 g/mol. The molecule has 0 bridgehead atoms. The Morgan fingerprint density at radius 1 is 1.36 bits per heavy atom. The monoisotopic (exact) mass is 405 g/mol. The minimum atomic E-state index is -0.626. The molecule has 1 aliphatic rings. The highest BCUT2D eigenvalue weighted by Gasteiger charge is 2.23. The summed E-state index contributed by atoms with van der Waals surface area (Å²) < 4.78 is 10.8. The number of carbonyl (C=O) groups is 1. The van der Waals surface area contributed by atoms with E-state index in [9.17, 15) is 4.79 Å². The van der Waals surface area contributed by atoms with Gasteiger partial charge in [0.25, 0.3) is 0 Å². The van der Waals surface area contributed by atoms with Crippen LogP contribution in [0, 0.1) is 0 Å². The van der Waals surface area contributed by atoms with E-state index in [-0.39, 0.29) is 18.1 Å². The van der Waals surface area contributed by atoms with E-state index in [4.69, 9.17) is 20.2 Å². The lowest BCUT2D eigenvalue weighted by Crippen LogP contribution is -2.45. The number of thiazole rings is 1. The minimum absolute atomic E-state index is 0.164. The Morgan fingerprint density at radius 2 is 2.11 bits per heavy atom. The highest BCUT2D eigenvalue weighted by molar-refractivity contribution is 7.14. The third-order valence-electron chi connectivity index (χ3n) is 4.44. The van der Waals surface area contributed by atoms with Crippen LogP contribution in [0.4, 0.5) is 10.9 Å². The summed E-state index contributed by atoms with van der Waals surface area (Å²) >= 11 is 1.35. The molecule has 28 heavy (non-hydrogen) atoms. The molecular weight excluding hydrogens is 378 g/mol. The number of morpholine rings is 1. The fourth-order valence-electron chi connectivity index (χ4n) is 3.13.